The molecule has 0 N–H and O–H groups in total. The molecule has 5 heteroatoms. The second-order valence-corrected chi connectivity index (χ2v) is 6.53. The Morgan fingerprint density at radius 3 is 3.14 bits per heavy atom. The Morgan fingerprint density at radius 1 is 1.52 bits per heavy atom. The lowest BCUT2D eigenvalue weighted by Gasteiger charge is -2.34. The number of furan rings is 1. The molecule has 1 aliphatic rings. The number of hydrogen-bond acceptors (Lipinski definition) is 4. The summed E-state index contributed by atoms with van der Waals surface area (Å²) in [5.41, 5.74) is 1.38. The maximum Gasteiger partial charge on any atom is 0.236 e. The minimum Gasteiger partial charge on any atom is -0.467 e. The molecule has 21 heavy (non-hydrogen) atoms. The van der Waals surface area contributed by atoms with Crippen molar-refractivity contribution in [2.45, 2.75) is 25.9 Å². The van der Waals surface area contributed by atoms with Gasteiger partial charge in [0.05, 0.1) is 19.4 Å². The molecule has 2 aromatic rings. The molecule has 0 aliphatic carbocycles. The van der Waals surface area contributed by atoms with Crippen molar-refractivity contribution in [3.05, 3.63) is 46.0 Å². The van der Waals surface area contributed by atoms with Crippen molar-refractivity contribution in [3.8, 4) is 0 Å². The molecule has 0 radical (unpaired) electrons. The number of thiophene rings is 1. The normalized spacial score (nSPS) is 18.5. The van der Waals surface area contributed by atoms with Crippen LogP contribution in [0.25, 0.3) is 0 Å². The molecule has 0 aromatic carbocycles. The summed E-state index contributed by atoms with van der Waals surface area (Å²) >= 11 is 1.82. The number of hydrogen-bond donors (Lipinski definition) is 0. The molecule has 1 amide bonds. The number of amides is 1. The summed E-state index contributed by atoms with van der Waals surface area (Å²) in [5, 5.41) is 2.15. The van der Waals surface area contributed by atoms with E-state index >= 15 is 0 Å². The van der Waals surface area contributed by atoms with Gasteiger partial charge in [0.1, 0.15) is 5.76 Å². The molecular weight excluding hydrogens is 284 g/mol. The zero-order valence-electron chi connectivity index (χ0n) is 12.4. The predicted octanol–water partition coefficient (Wildman–Crippen LogP) is 2.92. The van der Waals surface area contributed by atoms with Crippen LogP contribution < -0.4 is 0 Å². The van der Waals surface area contributed by atoms with Gasteiger partial charge >= 0.3 is 0 Å². The molecule has 3 rings (SSSR count). The smallest absolute Gasteiger partial charge is 0.236 e. The van der Waals surface area contributed by atoms with Gasteiger partial charge in [-0.25, -0.2) is 0 Å². The molecular formula is C16H20N2O2S. The Morgan fingerprint density at radius 2 is 2.38 bits per heavy atom. The van der Waals surface area contributed by atoms with E-state index in [2.05, 4.69) is 23.3 Å². The molecule has 0 fully saturated rings. The number of carbonyl (C=O) groups excluding carboxylic acids is 1. The highest BCUT2D eigenvalue weighted by atomic mass is 32.1. The average molecular weight is 304 g/mol. The van der Waals surface area contributed by atoms with Gasteiger partial charge in [-0.1, -0.05) is 0 Å². The number of nitrogens with zero attached hydrogens (tertiary/aromatic N) is 2. The highest BCUT2D eigenvalue weighted by molar-refractivity contribution is 7.10. The summed E-state index contributed by atoms with van der Waals surface area (Å²) in [4.78, 5) is 17.8. The first-order valence-corrected chi connectivity index (χ1v) is 8.10. The zero-order valence-corrected chi connectivity index (χ0v) is 13.2. The first kappa shape index (κ1) is 14.4. The van der Waals surface area contributed by atoms with Crippen LogP contribution in [0.15, 0.2) is 34.3 Å². The summed E-state index contributed by atoms with van der Waals surface area (Å²) in [6, 6.07) is 6.25. The SMILES string of the molecule is CC1c2ccsc2CCN1CC(=O)N(C)Cc1ccco1. The molecule has 2 aromatic heterocycles. The Bertz CT molecular complexity index is 606. The van der Waals surface area contributed by atoms with Crippen molar-refractivity contribution in [1.82, 2.24) is 9.80 Å². The fourth-order valence-electron chi connectivity index (χ4n) is 2.80. The lowest BCUT2D eigenvalue weighted by Crippen LogP contribution is -2.41. The van der Waals surface area contributed by atoms with Gasteiger partial charge in [0.15, 0.2) is 0 Å². The topological polar surface area (TPSA) is 36.7 Å². The number of fused-ring (bicyclic) bond motifs is 1. The largest absolute Gasteiger partial charge is 0.467 e. The number of likely N-dealkylation sites (N-methyl/N-ethyl adjacent to an activating group) is 1. The van der Waals surface area contributed by atoms with E-state index in [4.69, 9.17) is 4.42 Å². The van der Waals surface area contributed by atoms with Gasteiger partial charge < -0.3 is 9.32 Å². The van der Waals surface area contributed by atoms with Gasteiger partial charge in [-0.15, -0.1) is 11.3 Å². The van der Waals surface area contributed by atoms with E-state index in [1.54, 1.807) is 11.2 Å². The third-order valence-electron chi connectivity index (χ3n) is 4.14. The van der Waals surface area contributed by atoms with Crippen molar-refractivity contribution in [2.24, 2.45) is 0 Å². The fraction of sp³-hybridized carbons (Fsp3) is 0.438. The lowest BCUT2D eigenvalue weighted by atomic mass is 10.0. The summed E-state index contributed by atoms with van der Waals surface area (Å²) in [6.45, 7) is 4.13. The molecule has 0 saturated heterocycles. The van der Waals surface area contributed by atoms with Crippen LogP contribution in [0.5, 0.6) is 0 Å². The van der Waals surface area contributed by atoms with E-state index in [0.717, 1.165) is 18.7 Å². The second kappa shape index (κ2) is 6.03. The van der Waals surface area contributed by atoms with Crippen molar-refractivity contribution in [3.63, 3.8) is 0 Å². The fourth-order valence-corrected chi connectivity index (χ4v) is 3.76. The van der Waals surface area contributed by atoms with Crippen molar-refractivity contribution in [2.75, 3.05) is 20.1 Å². The highest BCUT2D eigenvalue weighted by Crippen LogP contribution is 2.32. The van der Waals surface area contributed by atoms with Crippen LogP contribution in [0, 0.1) is 0 Å². The van der Waals surface area contributed by atoms with Gasteiger partial charge in [0.25, 0.3) is 0 Å². The number of carbonyl (C=O) groups is 1. The van der Waals surface area contributed by atoms with Gasteiger partial charge in [-0.3, -0.25) is 9.69 Å². The molecule has 1 atom stereocenters. The average Bonchev–Trinajstić information content (AvgIpc) is 3.12. The van der Waals surface area contributed by atoms with Crippen molar-refractivity contribution < 1.29 is 9.21 Å². The molecule has 3 heterocycles. The molecule has 0 saturated carbocycles. The quantitative estimate of drug-likeness (QED) is 0.871. The van der Waals surface area contributed by atoms with Crippen LogP contribution >= 0.6 is 11.3 Å². The van der Waals surface area contributed by atoms with Gasteiger partial charge in [-0.05, 0) is 42.5 Å². The van der Waals surface area contributed by atoms with Crippen molar-refractivity contribution in [1.29, 1.82) is 0 Å². The Balaban J connectivity index is 1.60. The number of rotatable bonds is 4. The first-order chi connectivity index (χ1) is 10.1. The Labute approximate surface area is 129 Å². The van der Waals surface area contributed by atoms with Crippen LogP contribution in [0.4, 0.5) is 0 Å². The minimum atomic E-state index is 0.136. The molecule has 112 valence electrons. The monoisotopic (exact) mass is 304 g/mol. The van der Waals surface area contributed by atoms with Crippen molar-refractivity contribution >= 4 is 17.2 Å². The summed E-state index contributed by atoms with van der Waals surface area (Å²) in [6.07, 6.45) is 2.69. The van der Waals surface area contributed by atoms with E-state index in [1.165, 1.54) is 10.4 Å². The first-order valence-electron chi connectivity index (χ1n) is 7.22. The molecule has 4 nitrogen and oxygen atoms in total. The zero-order chi connectivity index (χ0) is 14.8. The van der Waals surface area contributed by atoms with E-state index in [1.807, 2.05) is 30.5 Å². The Kier molecular flexibility index (Phi) is 4.12. The minimum absolute atomic E-state index is 0.136. The van der Waals surface area contributed by atoms with E-state index in [9.17, 15) is 4.79 Å². The third kappa shape index (κ3) is 3.04. The van der Waals surface area contributed by atoms with Gasteiger partial charge in [0.2, 0.25) is 5.91 Å². The lowest BCUT2D eigenvalue weighted by molar-refractivity contribution is -0.132. The predicted molar refractivity (Wildman–Crippen MR) is 83.2 cm³/mol. The summed E-state index contributed by atoms with van der Waals surface area (Å²) in [5.74, 6) is 0.953. The standard InChI is InChI=1S/C16H20N2O2S/c1-12-14-6-9-21-15(14)5-7-18(12)11-16(19)17(2)10-13-4-3-8-20-13/h3-4,6,8-9,12H,5,7,10-11H2,1-2H3. The molecule has 1 aliphatic heterocycles. The maximum atomic E-state index is 12.4. The second-order valence-electron chi connectivity index (χ2n) is 5.52. The maximum absolute atomic E-state index is 12.4. The molecule has 0 spiro atoms. The van der Waals surface area contributed by atoms with Crippen LogP contribution in [0.2, 0.25) is 0 Å². The third-order valence-corrected chi connectivity index (χ3v) is 5.14. The highest BCUT2D eigenvalue weighted by Gasteiger charge is 2.27. The summed E-state index contributed by atoms with van der Waals surface area (Å²) < 4.78 is 5.30. The van der Waals surface area contributed by atoms with Crippen LogP contribution in [0.1, 0.15) is 29.2 Å². The van der Waals surface area contributed by atoms with Crippen LogP contribution in [-0.4, -0.2) is 35.8 Å². The van der Waals surface area contributed by atoms with E-state index in [-0.39, 0.29) is 5.91 Å². The van der Waals surface area contributed by atoms with Crippen LogP contribution in [0.3, 0.4) is 0 Å². The van der Waals surface area contributed by atoms with Gasteiger partial charge in [-0.2, -0.15) is 0 Å². The molecule has 0 bridgehead atoms. The van der Waals surface area contributed by atoms with E-state index in [0.29, 0.717) is 19.1 Å². The van der Waals surface area contributed by atoms with E-state index < -0.39 is 0 Å². The van der Waals surface area contributed by atoms with Crippen LogP contribution in [-0.2, 0) is 17.8 Å². The Hall–Kier alpha value is -1.59. The molecule has 1 unspecified atom stereocenters. The van der Waals surface area contributed by atoms with Gasteiger partial charge in [0, 0.05) is 24.5 Å². The summed E-state index contributed by atoms with van der Waals surface area (Å²) in [7, 11) is 1.83.